The van der Waals surface area contributed by atoms with Crippen molar-refractivity contribution in [3.63, 3.8) is 0 Å². The van der Waals surface area contributed by atoms with Crippen molar-refractivity contribution < 1.29 is 14.7 Å². The van der Waals surface area contributed by atoms with E-state index in [-0.39, 0.29) is 23.7 Å². The molecule has 0 radical (unpaired) electrons. The third-order valence-corrected chi connectivity index (χ3v) is 4.27. The van der Waals surface area contributed by atoms with Gasteiger partial charge in [-0.3, -0.25) is 4.79 Å². The summed E-state index contributed by atoms with van der Waals surface area (Å²) in [5.41, 5.74) is 4.36. The molecule has 0 rings (SSSR count). The quantitative estimate of drug-likeness (QED) is 0.302. The molecule has 0 aromatic heterocycles. The smallest absolute Gasteiger partial charge is 0.328 e. The first-order valence-electron chi connectivity index (χ1n) is 9.05. The molecule has 0 fully saturated rings. The number of hydrazone groups is 1. The van der Waals surface area contributed by atoms with Crippen molar-refractivity contribution in [3.05, 3.63) is 11.6 Å². The largest absolute Gasteiger partial charge is 0.478 e. The number of hydrogen-bond acceptors (Lipinski definition) is 4. The molecule has 0 aliphatic carbocycles. The number of nitrogens with zero attached hydrogens (tertiary/aromatic N) is 1. The van der Waals surface area contributed by atoms with Gasteiger partial charge in [0, 0.05) is 30.3 Å². The molecule has 144 valence electrons. The number of carbonyl (C=O) groups is 2. The highest BCUT2D eigenvalue weighted by Gasteiger charge is 2.15. The topological polar surface area (TPSA) is 90.8 Å². The lowest BCUT2D eigenvalue weighted by Gasteiger charge is -2.20. The minimum atomic E-state index is -0.908. The average molecular weight is 354 g/mol. The van der Waals surface area contributed by atoms with Crippen LogP contribution in [0.2, 0.25) is 0 Å². The molecule has 0 spiro atoms. The fourth-order valence-corrected chi connectivity index (χ4v) is 2.12. The zero-order valence-corrected chi connectivity index (χ0v) is 16.7. The van der Waals surface area contributed by atoms with Gasteiger partial charge in [-0.15, -0.1) is 0 Å². The van der Waals surface area contributed by atoms with Crippen molar-refractivity contribution in [2.24, 2.45) is 22.9 Å². The van der Waals surface area contributed by atoms with Gasteiger partial charge >= 0.3 is 5.97 Å². The van der Waals surface area contributed by atoms with Crippen molar-refractivity contribution >= 4 is 17.6 Å². The molecule has 25 heavy (non-hydrogen) atoms. The molecule has 0 heterocycles. The molecule has 1 amide bonds. The van der Waals surface area contributed by atoms with Gasteiger partial charge in [0.2, 0.25) is 5.91 Å². The van der Waals surface area contributed by atoms with E-state index in [2.05, 4.69) is 29.7 Å². The number of carboxylic acids is 1. The Balaban J connectivity index is 4.65. The van der Waals surface area contributed by atoms with E-state index in [1.54, 1.807) is 0 Å². The number of rotatable bonds is 11. The van der Waals surface area contributed by atoms with Crippen molar-refractivity contribution in [2.75, 3.05) is 6.54 Å². The van der Waals surface area contributed by atoms with E-state index in [1.165, 1.54) is 6.08 Å². The van der Waals surface area contributed by atoms with Crippen LogP contribution in [0.3, 0.4) is 0 Å². The Bertz CT molecular complexity index is 496. The number of aliphatic carboxylic acids is 1. The van der Waals surface area contributed by atoms with Crippen LogP contribution in [-0.2, 0) is 9.59 Å². The molecule has 0 aromatic carbocycles. The van der Waals surface area contributed by atoms with E-state index in [0.717, 1.165) is 24.1 Å². The Morgan fingerprint density at radius 2 is 1.60 bits per heavy atom. The minimum Gasteiger partial charge on any atom is -0.478 e. The Hall–Kier alpha value is -1.69. The molecule has 0 aliphatic rings. The van der Waals surface area contributed by atoms with E-state index in [9.17, 15) is 9.59 Å². The summed E-state index contributed by atoms with van der Waals surface area (Å²) in [5, 5.41) is 16.5. The fraction of sp³-hybridized carbons (Fsp3) is 0.737. The molecule has 0 aromatic rings. The van der Waals surface area contributed by atoms with Crippen molar-refractivity contribution in [2.45, 2.75) is 67.3 Å². The summed E-state index contributed by atoms with van der Waals surface area (Å²) >= 11 is 0. The number of amides is 1. The lowest BCUT2D eigenvalue weighted by Crippen LogP contribution is -2.27. The second kappa shape index (κ2) is 11.8. The third-order valence-electron chi connectivity index (χ3n) is 4.27. The van der Waals surface area contributed by atoms with E-state index in [4.69, 9.17) is 5.11 Å². The SMILES string of the molecule is C/C(=N\NC(=O)C(C)C)C(C)CCC(C)/C(=C/C(=O)O)CNC(C)C. The van der Waals surface area contributed by atoms with Crippen LogP contribution in [0.25, 0.3) is 0 Å². The van der Waals surface area contributed by atoms with E-state index < -0.39 is 5.97 Å². The predicted molar refractivity (Wildman–Crippen MR) is 103 cm³/mol. The summed E-state index contributed by atoms with van der Waals surface area (Å²) in [5.74, 6) is -0.702. The summed E-state index contributed by atoms with van der Waals surface area (Å²) < 4.78 is 0. The van der Waals surface area contributed by atoms with Crippen LogP contribution >= 0.6 is 0 Å². The maximum atomic E-state index is 11.6. The third kappa shape index (κ3) is 10.7. The van der Waals surface area contributed by atoms with Gasteiger partial charge in [0.05, 0.1) is 0 Å². The monoisotopic (exact) mass is 353 g/mol. The van der Waals surface area contributed by atoms with Crippen LogP contribution in [0.15, 0.2) is 16.8 Å². The van der Waals surface area contributed by atoms with Gasteiger partial charge in [0.15, 0.2) is 0 Å². The second-order valence-electron chi connectivity index (χ2n) is 7.36. The van der Waals surface area contributed by atoms with Crippen LogP contribution in [0.5, 0.6) is 0 Å². The second-order valence-corrected chi connectivity index (χ2v) is 7.36. The van der Waals surface area contributed by atoms with Crippen LogP contribution < -0.4 is 10.7 Å². The Morgan fingerprint density at radius 1 is 1.04 bits per heavy atom. The Morgan fingerprint density at radius 3 is 2.08 bits per heavy atom. The summed E-state index contributed by atoms with van der Waals surface area (Å²) in [6.07, 6.45) is 3.06. The molecule has 2 atom stereocenters. The molecular weight excluding hydrogens is 318 g/mol. The molecule has 0 saturated carbocycles. The fourth-order valence-electron chi connectivity index (χ4n) is 2.12. The van der Waals surface area contributed by atoms with Gasteiger partial charge in [0.25, 0.3) is 0 Å². The predicted octanol–water partition coefficient (Wildman–Crippen LogP) is 3.20. The van der Waals surface area contributed by atoms with Crippen LogP contribution in [0.1, 0.15) is 61.3 Å². The first-order chi connectivity index (χ1) is 11.5. The number of nitrogens with one attached hydrogen (secondary N) is 2. The standard InChI is InChI=1S/C19H35N3O3/c1-12(2)19(25)22-21-16(7)14(5)8-9-15(6)17(10-18(23)24)11-20-13(3)4/h10,12-15,20H,8-9,11H2,1-7H3,(H,22,25)(H,23,24)/b17-10+,21-16+. The summed E-state index contributed by atoms with van der Waals surface area (Å²) in [6.45, 7) is 14.3. The molecular formula is C19H35N3O3. The maximum absolute atomic E-state index is 11.6. The molecule has 0 aliphatic heterocycles. The molecule has 2 unspecified atom stereocenters. The summed E-state index contributed by atoms with van der Waals surface area (Å²) in [4.78, 5) is 22.6. The van der Waals surface area contributed by atoms with E-state index >= 15 is 0 Å². The van der Waals surface area contributed by atoms with Crippen molar-refractivity contribution in [1.82, 2.24) is 10.7 Å². The zero-order valence-electron chi connectivity index (χ0n) is 16.7. The van der Waals surface area contributed by atoms with Crippen LogP contribution in [0, 0.1) is 17.8 Å². The maximum Gasteiger partial charge on any atom is 0.328 e. The number of carbonyl (C=O) groups excluding carboxylic acids is 1. The Labute approximate surface area is 152 Å². The van der Waals surface area contributed by atoms with E-state index in [1.807, 2.05) is 34.6 Å². The highest BCUT2D eigenvalue weighted by Crippen LogP contribution is 2.20. The van der Waals surface area contributed by atoms with Gasteiger partial charge in [-0.2, -0.15) is 5.10 Å². The lowest BCUT2D eigenvalue weighted by molar-refractivity contribution is -0.131. The highest BCUT2D eigenvalue weighted by molar-refractivity contribution is 5.86. The molecule has 0 bridgehead atoms. The summed E-state index contributed by atoms with van der Waals surface area (Å²) in [7, 11) is 0. The van der Waals surface area contributed by atoms with Gasteiger partial charge in [-0.05, 0) is 37.2 Å². The van der Waals surface area contributed by atoms with Gasteiger partial charge in [-0.25, -0.2) is 10.2 Å². The van der Waals surface area contributed by atoms with Crippen LogP contribution in [-0.4, -0.2) is 35.3 Å². The molecule has 3 N–H and O–H groups in total. The molecule has 0 saturated heterocycles. The summed E-state index contributed by atoms with van der Waals surface area (Å²) in [6, 6.07) is 0.308. The lowest BCUT2D eigenvalue weighted by atomic mass is 9.90. The van der Waals surface area contributed by atoms with Crippen molar-refractivity contribution in [3.8, 4) is 0 Å². The van der Waals surface area contributed by atoms with Crippen LogP contribution in [0.4, 0.5) is 0 Å². The van der Waals surface area contributed by atoms with Gasteiger partial charge in [0.1, 0.15) is 0 Å². The molecule has 6 heteroatoms. The number of carboxylic acid groups (broad SMARTS) is 1. The Kier molecular flexibility index (Phi) is 11.0. The first-order valence-corrected chi connectivity index (χ1v) is 9.05. The molecule has 6 nitrogen and oxygen atoms in total. The normalized spacial score (nSPS) is 15.4. The first kappa shape index (κ1) is 23.3. The van der Waals surface area contributed by atoms with E-state index in [0.29, 0.717) is 12.6 Å². The minimum absolute atomic E-state index is 0.0913. The van der Waals surface area contributed by atoms with Gasteiger partial charge < -0.3 is 10.4 Å². The number of hydrogen-bond donors (Lipinski definition) is 3. The average Bonchev–Trinajstić information content (AvgIpc) is 2.52. The van der Waals surface area contributed by atoms with Gasteiger partial charge in [-0.1, -0.05) is 41.5 Å². The zero-order chi connectivity index (χ0) is 19.6. The van der Waals surface area contributed by atoms with Crippen molar-refractivity contribution in [1.29, 1.82) is 0 Å². The highest BCUT2D eigenvalue weighted by atomic mass is 16.4.